The average Bonchev–Trinajstić information content (AvgIpc) is 3.21. The van der Waals surface area contributed by atoms with Crippen LogP contribution in [0, 0.1) is 11.3 Å². The monoisotopic (exact) mass is 399 g/mol. The Labute approximate surface area is 159 Å². The Morgan fingerprint density at radius 2 is 1.85 bits per heavy atom. The number of hydrogen-bond acceptors (Lipinski definition) is 5. The Balaban J connectivity index is 1.76. The first-order chi connectivity index (χ1) is 12.5. The van der Waals surface area contributed by atoms with E-state index in [0.717, 1.165) is 5.56 Å². The average molecular weight is 400 g/mol. The van der Waals surface area contributed by atoms with Crippen LogP contribution in [0.1, 0.15) is 16.5 Å². The Bertz CT molecular complexity index is 1180. The molecule has 0 aliphatic carbocycles. The second-order valence-electron chi connectivity index (χ2n) is 5.59. The molecule has 128 valence electrons. The van der Waals surface area contributed by atoms with Gasteiger partial charge in [-0.05, 0) is 18.2 Å². The van der Waals surface area contributed by atoms with Gasteiger partial charge in [-0.15, -0.1) is 11.3 Å². The maximum absolute atomic E-state index is 12.2. The van der Waals surface area contributed by atoms with Crippen molar-refractivity contribution < 1.29 is 8.42 Å². The van der Waals surface area contributed by atoms with Crippen molar-refractivity contribution in [2.24, 2.45) is 4.40 Å². The molecule has 0 bridgehead atoms. The molecule has 5 nitrogen and oxygen atoms in total. The number of rotatable bonds is 3. The molecule has 1 atom stereocenters. The van der Waals surface area contributed by atoms with Crippen LogP contribution in [0.3, 0.4) is 0 Å². The SMILES string of the molecule is N#CC(C1=NS(=O)(=O)c2ccccc21)c1nc(-c2ccc(Cl)cc2)cs1. The van der Waals surface area contributed by atoms with Gasteiger partial charge >= 0.3 is 0 Å². The molecule has 8 heteroatoms. The molecule has 0 saturated carbocycles. The summed E-state index contributed by atoms with van der Waals surface area (Å²) in [7, 11) is -3.77. The van der Waals surface area contributed by atoms with Gasteiger partial charge in [-0.2, -0.15) is 18.1 Å². The number of nitriles is 1. The molecule has 26 heavy (non-hydrogen) atoms. The molecule has 3 aromatic rings. The summed E-state index contributed by atoms with van der Waals surface area (Å²) in [5.41, 5.74) is 2.26. The first kappa shape index (κ1) is 16.9. The predicted molar refractivity (Wildman–Crippen MR) is 101 cm³/mol. The molecule has 1 unspecified atom stereocenters. The van der Waals surface area contributed by atoms with Crippen LogP contribution in [0.15, 0.2) is 63.2 Å². The van der Waals surface area contributed by atoms with Crippen molar-refractivity contribution in [2.45, 2.75) is 10.8 Å². The lowest BCUT2D eigenvalue weighted by molar-refractivity contribution is 0.599. The molecular weight excluding hydrogens is 390 g/mol. The summed E-state index contributed by atoms with van der Waals surface area (Å²) in [4.78, 5) is 4.65. The molecule has 1 aliphatic rings. The molecule has 0 fully saturated rings. The van der Waals surface area contributed by atoms with Gasteiger partial charge in [-0.25, -0.2) is 4.98 Å². The summed E-state index contributed by atoms with van der Waals surface area (Å²) in [6, 6.07) is 15.9. The van der Waals surface area contributed by atoms with Gasteiger partial charge in [-0.1, -0.05) is 41.9 Å². The van der Waals surface area contributed by atoms with Crippen molar-refractivity contribution in [1.29, 1.82) is 5.26 Å². The lowest BCUT2D eigenvalue weighted by Crippen LogP contribution is -2.10. The summed E-state index contributed by atoms with van der Waals surface area (Å²) in [5, 5.41) is 12.6. The standard InChI is InChI=1S/C18H10ClN3O2S2/c19-12-7-5-11(6-8-12)15-10-25-18(21-15)14(9-20)17-13-3-1-2-4-16(13)26(23,24)22-17/h1-8,10,14H. The van der Waals surface area contributed by atoms with E-state index in [1.807, 2.05) is 17.5 Å². The van der Waals surface area contributed by atoms with Crippen LogP contribution in [0.2, 0.25) is 5.02 Å². The van der Waals surface area contributed by atoms with E-state index in [4.69, 9.17) is 11.6 Å². The number of hydrogen-bond donors (Lipinski definition) is 0. The van der Waals surface area contributed by atoms with E-state index in [9.17, 15) is 13.7 Å². The quantitative estimate of drug-likeness (QED) is 0.658. The topological polar surface area (TPSA) is 83.2 Å². The summed E-state index contributed by atoms with van der Waals surface area (Å²) in [6.07, 6.45) is 0. The molecule has 1 aliphatic heterocycles. The van der Waals surface area contributed by atoms with Crippen LogP contribution >= 0.6 is 22.9 Å². The number of halogens is 1. The number of benzene rings is 2. The normalized spacial score (nSPS) is 15.8. The maximum atomic E-state index is 12.2. The number of fused-ring (bicyclic) bond motifs is 1. The maximum Gasteiger partial charge on any atom is 0.283 e. The molecular formula is C18H10ClN3O2S2. The van der Waals surface area contributed by atoms with Gasteiger partial charge in [0.25, 0.3) is 10.0 Å². The van der Waals surface area contributed by atoms with E-state index >= 15 is 0 Å². The number of thiazole rings is 1. The third-order valence-electron chi connectivity index (χ3n) is 3.97. The van der Waals surface area contributed by atoms with Crippen LogP contribution < -0.4 is 0 Å². The fourth-order valence-electron chi connectivity index (χ4n) is 2.75. The zero-order chi connectivity index (χ0) is 18.3. The van der Waals surface area contributed by atoms with Crippen LogP contribution in [0.4, 0.5) is 0 Å². The summed E-state index contributed by atoms with van der Waals surface area (Å²) in [5.74, 6) is -0.848. The third kappa shape index (κ3) is 2.82. The van der Waals surface area contributed by atoms with E-state index < -0.39 is 15.9 Å². The van der Waals surface area contributed by atoms with Crippen molar-refractivity contribution in [3.05, 3.63) is 69.5 Å². The highest BCUT2D eigenvalue weighted by molar-refractivity contribution is 7.90. The highest BCUT2D eigenvalue weighted by atomic mass is 35.5. The molecule has 4 rings (SSSR count). The smallest absolute Gasteiger partial charge is 0.239 e. The highest BCUT2D eigenvalue weighted by Crippen LogP contribution is 2.35. The molecule has 0 radical (unpaired) electrons. The molecule has 2 heterocycles. The van der Waals surface area contributed by atoms with E-state index in [0.29, 0.717) is 21.3 Å². The molecule has 0 spiro atoms. The molecule has 0 amide bonds. The largest absolute Gasteiger partial charge is 0.283 e. The Kier molecular flexibility index (Phi) is 4.11. The lowest BCUT2D eigenvalue weighted by atomic mass is 9.98. The van der Waals surface area contributed by atoms with Gasteiger partial charge in [0.15, 0.2) is 0 Å². The van der Waals surface area contributed by atoms with E-state index in [1.54, 1.807) is 30.3 Å². The van der Waals surface area contributed by atoms with Crippen molar-refractivity contribution in [3.8, 4) is 17.3 Å². The number of nitrogens with zero attached hydrogens (tertiary/aromatic N) is 3. The number of sulfonamides is 1. The van der Waals surface area contributed by atoms with Crippen LogP contribution in [-0.2, 0) is 10.0 Å². The number of aromatic nitrogens is 1. The van der Waals surface area contributed by atoms with Gasteiger partial charge in [0.1, 0.15) is 10.9 Å². The van der Waals surface area contributed by atoms with Gasteiger partial charge in [0.05, 0.1) is 22.4 Å². The molecule has 1 aromatic heterocycles. The molecule has 0 saturated heterocycles. The summed E-state index contributed by atoms with van der Waals surface area (Å²) in [6.45, 7) is 0. The first-order valence-electron chi connectivity index (χ1n) is 7.55. The van der Waals surface area contributed by atoms with Crippen molar-refractivity contribution in [2.75, 3.05) is 0 Å². The van der Waals surface area contributed by atoms with Crippen LogP contribution in [-0.4, -0.2) is 19.1 Å². The zero-order valence-electron chi connectivity index (χ0n) is 13.1. The fourth-order valence-corrected chi connectivity index (χ4v) is 5.01. The van der Waals surface area contributed by atoms with E-state index in [2.05, 4.69) is 15.5 Å². The Morgan fingerprint density at radius 3 is 2.58 bits per heavy atom. The minimum absolute atomic E-state index is 0.129. The van der Waals surface area contributed by atoms with Crippen molar-refractivity contribution in [3.63, 3.8) is 0 Å². The lowest BCUT2D eigenvalue weighted by Gasteiger charge is -2.06. The van der Waals surface area contributed by atoms with E-state index in [1.165, 1.54) is 17.4 Å². The molecule has 2 aromatic carbocycles. The highest BCUT2D eigenvalue weighted by Gasteiger charge is 2.34. The third-order valence-corrected chi connectivity index (χ3v) is 6.48. The van der Waals surface area contributed by atoms with E-state index in [-0.39, 0.29) is 10.6 Å². The van der Waals surface area contributed by atoms with Crippen molar-refractivity contribution in [1.82, 2.24) is 4.98 Å². The predicted octanol–water partition coefficient (Wildman–Crippen LogP) is 4.26. The second-order valence-corrected chi connectivity index (χ2v) is 8.49. The van der Waals surface area contributed by atoms with Gasteiger partial charge in [0.2, 0.25) is 0 Å². The van der Waals surface area contributed by atoms with Gasteiger partial charge in [-0.3, -0.25) is 0 Å². The Hall–Kier alpha value is -2.53. The minimum atomic E-state index is -3.77. The van der Waals surface area contributed by atoms with Gasteiger partial charge < -0.3 is 0 Å². The van der Waals surface area contributed by atoms with Gasteiger partial charge in [0, 0.05) is 21.5 Å². The Morgan fingerprint density at radius 1 is 1.12 bits per heavy atom. The fraction of sp³-hybridized carbons (Fsp3) is 0.0556. The second kappa shape index (κ2) is 6.32. The summed E-state index contributed by atoms with van der Waals surface area (Å²) < 4.78 is 28.3. The first-order valence-corrected chi connectivity index (χ1v) is 10.2. The summed E-state index contributed by atoms with van der Waals surface area (Å²) >= 11 is 7.21. The minimum Gasteiger partial charge on any atom is -0.239 e. The molecule has 0 N–H and O–H groups in total. The van der Waals surface area contributed by atoms with Crippen molar-refractivity contribution >= 4 is 38.7 Å². The van der Waals surface area contributed by atoms with Crippen LogP contribution in [0.25, 0.3) is 11.3 Å². The van der Waals surface area contributed by atoms with Crippen LogP contribution in [0.5, 0.6) is 0 Å². The zero-order valence-corrected chi connectivity index (χ0v) is 15.5.